The Morgan fingerprint density at radius 2 is 0.745 bits per heavy atom. The molecule has 0 aliphatic carbocycles. The number of hydrogen-bond donors (Lipinski definition) is 1. The number of carbonyl (C=O) groups is 2. The maximum atomic E-state index is 11.7. The van der Waals surface area contributed by atoms with E-state index in [0.717, 1.165) is 12.8 Å². The van der Waals surface area contributed by atoms with E-state index in [1.807, 2.05) is 20.8 Å². The van der Waals surface area contributed by atoms with Crippen molar-refractivity contribution >= 4 is 12.1 Å². The Morgan fingerprint density at radius 3 is 1.10 bits per heavy atom. The van der Waals surface area contributed by atoms with Gasteiger partial charge in [-0.2, -0.15) is 0 Å². The summed E-state index contributed by atoms with van der Waals surface area (Å²) in [5, 5.41) is 2.63. The molecular formula is C36H71NO14. The Kier molecular flexibility index (Phi) is 38.3. The second-order valence-corrected chi connectivity index (χ2v) is 12.3. The Bertz CT molecular complexity index is 741. The van der Waals surface area contributed by atoms with Gasteiger partial charge in [-0.1, -0.05) is 39.0 Å². The maximum Gasteiger partial charge on any atom is 0.407 e. The van der Waals surface area contributed by atoms with Gasteiger partial charge in [-0.25, -0.2) is 4.79 Å². The van der Waals surface area contributed by atoms with Crippen LogP contribution >= 0.6 is 0 Å². The number of unbranched alkanes of at least 4 members (excludes halogenated alkanes) is 5. The van der Waals surface area contributed by atoms with E-state index in [0.29, 0.717) is 145 Å². The normalized spacial score (nSPS) is 11.6. The minimum absolute atomic E-state index is 0.147. The van der Waals surface area contributed by atoms with Crippen LogP contribution in [-0.2, 0) is 61.6 Å². The number of nitrogens with one attached hydrogen (secondary N) is 1. The van der Waals surface area contributed by atoms with Gasteiger partial charge >= 0.3 is 12.1 Å². The van der Waals surface area contributed by atoms with Crippen LogP contribution in [0.5, 0.6) is 0 Å². The standard InChI is InChI=1S/C36H71NO14/c1-5-6-7-8-9-10-11-34(38)50-33-32-49-31-30-48-29-28-47-27-26-46-25-24-45-23-22-44-21-20-43-19-18-42-17-16-41-15-14-40-13-12-37-35(39)51-36(2,3)4/h5-33H2,1-4H3,(H,37,39). The fourth-order valence-corrected chi connectivity index (χ4v) is 3.96. The highest BCUT2D eigenvalue weighted by molar-refractivity contribution is 5.69. The highest BCUT2D eigenvalue weighted by Gasteiger charge is 2.15. The predicted octanol–water partition coefficient (Wildman–Crippen LogP) is 3.97. The van der Waals surface area contributed by atoms with Crippen molar-refractivity contribution in [2.75, 3.05) is 145 Å². The Hall–Kier alpha value is -1.66. The van der Waals surface area contributed by atoms with Crippen LogP contribution in [0.25, 0.3) is 0 Å². The van der Waals surface area contributed by atoms with E-state index < -0.39 is 11.7 Å². The van der Waals surface area contributed by atoms with Gasteiger partial charge in [-0.15, -0.1) is 0 Å². The summed E-state index contributed by atoms with van der Waals surface area (Å²) in [5.41, 5.74) is -0.514. The van der Waals surface area contributed by atoms with Gasteiger partial charge in [0.25, 0.3) is 0 Å². The molecule has 51 heavy (non-hydrogen) atoms. The average Bonchev–Trinajstić information content (AvgIpc) is 3.09. The van der Waals surface area contributed by atoms with Gasteiger partial charge in [-0.05, 0) is 27.2 Å². The molecule has 1 amide bonds. The highest BCUT2D eigenvalue weighted by Crippen LogP contribution is 2.07. The largest absolute Gasteiger partial charge is 0.463 e. The number of alkyl carbamates (subject to hydrolysis) is 1. The van der Waals surface area contributed by atoms with Crippen LogP contribution in [0.4, 0.5) is 4.79 Å². The van der Waals surface area contributed by atoms with Crippen molar-refractivity contribution in [3.05, 3.63) is 0 Å². The first-order chi connectivity index (χ1) is 24.8. The highest BCUT2D eigenvalue weighted by atomic mass is 16.6. The molecule has 15 heteroatoms. The van der Waals surface area contributed by atoms with Gasteiger partial charge in [0, 0.05) is 13.0 Å². The van der Waals surface area contributed by atoms with Crippen LogP contribution in [0.2, 0.25) is 0 Å². The second kappa shape index (κ2) is 39.5. The molecule has 0 rings (SSSR count). The van der Waals surface area contributed by atoms with Crippen molar-refractivity contribution in [1.29, 1.82) is 0 Å². The summed E-state index contributed by atoms with van der Waals surface area (Å²) in [6, 6.07) is 0. The van der Waals surface area contributed by atoms with Gasteiger partial charge in [0.05, 0.1) is 132 Å². The number of hydrogen-bond acceptors (Lipinski definition) is 14. The van der Waals surface area contributed by atoms with Crippen molar-refractivity contribution in [1.82, 2.24) is 5.32 Å². The summed E-state index contributed by atoms with van der Waals surface area (Å²) in [6.45, 7) is 17.6. The minimum atomic E-state index is -0.514. The first-order valence-corrected chi connectivity index (χ1v) is 18.7. The molecule has 0 radical (unpaired) electrons. The molecule has 0 unspecified atom stereocenters. The topological polar surface area (TPSA) is 157 Å². The summed E-state index contributed by atoms with van der Waals surface area (Å²) in [5.74, 6) is -0.147. The van der Waals surface area contributed by atoms with Crippen LogP contribution in [0.15, 0.2) is 0 Å². The van der Waals surface area contributed by atoms with Gasteiger partial charge in [0.2, 0.25) is 0 Å². The van der Waals surface area contributed by atoms with Gasteiger partial charge in [0.1, 0.15) is 12.2 Å². The number of ether oxygens (including phenoxy) is 12. The molecule has 0 aliphatic rings. The van der Waals surface area contributed by atoms with E-state index >= 15 is 0 Å². The lowest BCUT2D eigenvalue weighted by Crippen LogP contribution is -2.34. The fourth-order valence-electron chi connectivity index (χ4n) is 3.96. The third-order valence-electron chi connectivity index (χ3n) is 6.49. The molecule has 15 nitrogen and oxygen atoms in total. The number of carbonyl (C=O) groups excluding carboxylic acids is 2. The maximum absolute atomic E-state index is 11.7. The summed E-state index contributed by atoms with van der Waals surface area (Å²) >= 11 is 0. The molecule has 0 aromatic rings. The molecule has 304 valence electrons. The van der Waals surface area contributed by atoms with E-state index in [1.165, 1.54) is 25.7 Å². The zero-order valence-corrected chi connectivity index (χ0v) is 32.2. The molecule has 0 spiro atoms. The zero-order chi connectivity index (χ0) is 37.4. The van der Waals surface area contributed by atoms with E-state index in [4.69, 9.17) is 56.8 Å². The van der Waals surface area contributed by atoms with Gasteiger partial charge < -0.3 is 62.2 Å². The van der Waals surface area contributed by atoms with Gasteiger partial charge in [-0.3, -0.25) is 4.79 Å². The smallest absolute Gasteiger partial charge is 0.407 e. The molecule has 0 heterocycles. The lowest BCUT2D eigenvalue weighted by atomic mass is 10.1. The molecule has 1 N–H and O–H groups in total. The quantitative estimate of drug-likeness (QED) is 0.0711. The van der Waals surface area contributed by atoms with E-state index in [-0.39, 0.29) is 12.6 Å². The minimum Gasteiger partial charge on any atom is -0.463 e. The molecule has 0 aromatic carbocycles. The van der Waals surface area contributed by atoms with E-state index in [9.17, 15) is 9.59 Å². The SMILES string of the molecule is CCCCCCCCC(=O)OCCOCCOCCOCCOCCOCCOCCOCCOCCOCCOCCNC(=O)OC(C)(C)C. The zero-order valence-electron chi connectivity index (χ0n) is 32.2. The van der Waals surface area contributed by atoms with Crippen molar-refractivity contribution < 1.29 is 66.4 Å². The van der Waals surface area contributed by atoms with Crippen LogP contribution in [-0.4, -0.2) is 163 Å². The summed E-state index contributed by atoms with van der Waals surface area (Å²) in [6.07, 6.45) is 6.94. The van der Waals surface area contributed by atoms with Crippen molar-refractivity contribution in [2.45, 2.75) is 78.2 Å². The molecule has 0 fully saturated rings. The lowest BCUT2D eigenvalue weighted by molar-refractivity contribution is -0.145. The summed E-state index contributed by atoms with van der Waals surface area (Å²) in [7, 11) is 0. The van der Waals surface area contributed by atoms with Crippen LogP contribution in [0, 0.1) is 0 Å². The van der Waals surface area contributed by atoms with E-state index in [2.05, 4.69) is 12.2 Å². The fraction of sp³-hybridized carbons (Fsp3) is 0.944. The second-order valence-electron chi connectivity index (χ2n) is 12.3. The summed E-state index contributed by atoms with van der Waals surface area (Å²) in [4.78, 5) is 23.2. The molecule has 0 aliphatic heterocycles. The van der Waals surface area contributed by atoms with Crippen molar-refractivity contribution in [3.63, 3.8) is 0 Å². The lowest BCUT2D eigenvalue weighted by Gasteiger charge is -2.19. The van der Waals surface area contributed by atoms with Gasteiger partial charge in [0.15, 0.2) is 0 Å². The third kappa shape index (κ3) is 44.4. The van der Waals surface area contributed by atoms with E-state index in [1.54, 1.807) is 0 Å². The number of esters is 1. The Balaban J connectivity index is 3.13. The molecule has 0 bridgehead atoms. The molecule has 0 atom stereocenters. The Morgan fingerprint density at radius 1 is 0.431 bits per heavy atom. The number of rotatable bonds is 40. The average molecular weight is 742 g/mol. The Labute approximate surface area is 307 Å². The summed E-state index contributed by atoms with van der Waals surface area (Å²) < 4.78 is 64.9. The van der Waals surface area contributed by atoms with Crippen LogP contribution in [0.3, 0.4) is 0 Å². The molecule has 0 saturated carbocycles. The monoisotopic (exact) mass is 741 g/mol. The van der Waals surface area contributed by atoms with Crippen LogP contribution < -0.4 is 5.32 Å². The third-order valence-corrected chi connectivity index (χ3v) is 6.49. The molecular weight excluding hydrogens is 670 g/mol. The van der Waals surface area contributed by atoms with Crippen molar-refractivity contribution in [3.8, 4) is 0 Å². The predicted molar refractivity (Wildman–Crippen MR) is 191 cm³/mol. The first-order valence-electron chi connectivity index (χ1n) is 18.7. The molecule has 0 aromatic heterocycles. The van der Waals surface area contributed by atoms with Crippen molar-refractivity contribution in [2.24, 2.45) is 0 Å². The van der Waals surface area contributed by atoms with Crippen LogP contribution in [0.1, 0.15) is 72.6 Å². The number of amides is 1. The molecule has 0 saturated heterocycles. The first kappa shape index (κ1) is 49.3.